The van der Waals surface area contributed by atoms with Gasteiger partial charge >= 0.3 is 0 Å². The molecule has 0 bridgehead atoms. The third-order valence-corrected chi connectivity index (χ3v) is 5.76. The summed E-state index contributed by atoms with van der Waals surface area (Å²) in [7, 11) is 0. The summed E-state index contributed by atoms with van der Waals surface area (Å²) >= 11 is 1.46. The Morgan fingerprint density at radius 3 is 2.17 bits per heavy atom. The maximum absolute atomic E-state index is 13.2. The fourth-order valence-corrected chi connectivity index (χ4v) is 4.23. The Balaban J connectivity index is 1.82. The summed E-state index contributed by atoms with van der Waals surface area (Å²) in [6, 6.07) is 17.4. The number of ether oxygens (including phenoxy) is 1. The molecule has 0 radical (unpaired) electrons. The molecule has 0 saturated carbocycles. The van der Waals surface area contributed by atoms with E-state index in [2.05, 4.69) is 13.8 Å². The molecule has 1 heterocycles. The van der Waals surface area contributed by atoms with Crippen LogP contribution in [0.25, 0.3) is 5.57 Å². The second kappa shape index (κ2) is 9.98. The number of imide groups is 1. The number of nitrogens with zero attached hydrogens (tertiary/aromatic N) is 1. The molecule has 0 atom stereocenters. The molecule has 0 spiro atoms. The molecule has 0 fully saturated rings. The molecule has 1 aliphatic heterocycles. The molecule has 1 aliphatic rings. The van der Waals surface area contributed by atoms with Crippen LogP contribution >= 0.6 is 11.8 Å². The van der Waals surface area contributed by atoms with Gasteiger partial charge in [0.25, 0.3) is 11.8 Å². The van der Waals surface area contributed by atoms with Gasteiger partial charge in [-0.05, 0) is 35.6 Å². The van der Waals surface area contributed by atoms with E-state index in [0.717, 1.165) is 16.9 Å². The molecule has 0 aliphatic carbocycles. The highest BCUT2D eigenvalue weighted by atomic mass is 32.2. The molecule has 5 heteroatoms. The van der Waals surface area contributed by atoms with Crippen LogP contribution in [0.1, 0.15) is 38.8 Å². The zero-order valence-corrected chi connectivity index (χ0v) is 18.9. The highest BCUT2D eigenvalue weighted by Crippen LogP contribution is 2.38. The van der Waals surface area contributed by atoms with Gasteiger partial charge in [0.2, 0.25) is 0 Å². The van der Waals surface area contributed by atoms with Crippen molar-refractivity contribution in [2.75, 3.05) is 13.2 Å². The molecule has 2 aromatic carbocycles. The first-order valence-corrected chi connectivity index (χ1v) is 11.3. The third kappa shape index (κ3) is 5.33. The van der Waals surface area contributed by atoms with Gasteiger partial charge in [0, 0.05) is 11.8 Å². The Morgan fingerprint density at radius 2 is 1.57 bits per heavy atom. The SMILES string of the molecule is CC(C)COc1ccc(C2=C(SC(C)C)C(=O)N(CCc3ccccc3)C2=O)cc1. The largest absolute Gasteiger partial charge is 0.493 e. The number of carbonyl (C=O) groups excluding carboxylic acids is 2. The van der Waals surface area contributed by atoms with Crippen molar-refractivity contribution < 1.29 is 14.3 Å². The highest BCUT2D eigenvalue weighted by molar-refractivity contribution is 8.04. The van der Waals surface area contributed by atoms with E-state index in [9.17, 15) is 9.59 Å². The van der Waals surface area contributed by atoms with Crippen molar-refractivity contribution in [2.24, 2.45) is 5.92 Å². The summed E-state index contributed by atoms with van der Waals surface area (Å²) in [5.41, 5.74) is 2.37. The second-order valence-corrected chi connectivity index (χ2v) is 9.68. The molecule has 2 amide bonds. The molecule has 4 nitrogen and oxygen atoms in total. The van der Waals surface area contributed by atoms with Gasteiger partial charge in [0.1, 0.15) is 5.75 Å². The fourth-order valence-electron chi connectivity index (χ4n) is 3.22. The summed E-state index contributed by atoms with van der Waals surface area (Å²) < 4.78 is 5.75. The number of carbonyl (C=O) groups is 2. The lowest BCUT2D eigenvalue weighted by molar-refractivity contribution is -0.136. The van der Waals surface area contributed by atoms with Gasteiger partial charge < -0.3 is 4.74 Å². The fraction of sp³-hybridized carbons (Fsp3) is 0.360. The van der Waals surface area contributed by atoms with E-state index in [1.165, 1.54) is 16.7 Å². The van der Waals surface area contributed by atoms with E-state index >= 15 is 0 Å². The number of hydrogen-bond acceptors (Lipinski definition) is 4. The van der Waals surface area contributed by atoms with E-state index in [1.54, 1.807) is 0 Å². The van der Waals surface area contributed by atoms with Crippen LogP contribution in [0.2, 0.25) is 0 Å². The van der Waals surface area contributed by atoms with Crippen LogP contribution < -0.4 is 4.74 Å². The minimum Gasteiger partial charge on any atom is -0.493 e. The molecule has 0 N–H and O–H groups in total. The average Bonchev–Trinajstić information content (AvgIpc) is 2.95. The molecular weight excluding hydrogens is 394 g/mol. The second-order valence-electron chi connectivity index (χ2n) is 8.10. The lowest BCUT2D eigenvalue weighted by atomic mass is 10.1. The first kappa shape index (κ1) is 22.2. The first-order chi connectivity index (χ1) is 14.4. The molecule has 0 saturated heterocycles. The van der Waals surface area contributed by atoms with Crippen LogP contribution in [0.4, 0.5) is 0 Å². The Kier molecular flexibility index (Phi) is 7.38. The molecule has 158 valence electrons. The lowest BCUT2D eigenvalue weighted by Crippen LogP contribution is -2.33. The van der Waals surface area contributed by atoms with E-state index in [-0.39, 0.29) is 17.1 Å². The predicted molar refractivity (Wildman–Crippen MR) is 123 cm³/mol. The smallest absolute Gasteiger partial charge is 0.268 e. The van der Waals surface area contributed by atoms with Crippen LogP contribution in [0.5, 0.6) is 5.75 Å². The van der Waals surface area contributed by atoms with Gasteiger partial charge in [-0.2, -0.15) is 0 Å². The maximum atomic E-state index is 13.2. The summed E-state index contributed by atoms with van der Waals surface area (Å²) in [6.07, 6.45) is 0.646. The monoisotopic (exact) mass is 423 g/mol. The first-order valence-electron chi connectivity index (χ1n) is 10.4. The molecule has 2 aromatic rings. The van der Waals surface area contributed by atoms with E-state index < -0.39 is 0 Å². The van der Waals surface area contributed by atoms with Crippen molar-refractivity contribution in [1.82, 2.24) is 4.90 Å². The lowest BCUT2D eigenvalue weighted by Gasteiger charge is -2.15. The van der Waals surface area contributed by atoms with Crippen LogP contribution in [-0.4, -0.2) is 35.1 Å². The van der Waals surface area contributed by atoms with E-state index in [4.69, 9.17) is 4.74 Å². The average molecular weight is 424 g/mol. The summed E-state index contributed by atoms with van der Waals surface area (Å²) in [6.45, 7) is 9.28. The minimum atomic E-state index is -0.213. The Bertz CT molecular complexity index is 917. The zero-order valence-electron chi connectivity index (χ0n) is 18.1. The molecule has 3 rings (SSSR count). The molecule has 0 aromatic heterocycles. The summed E-state index contributed by atoms with van der Waals surface area (Å²) in [4.78, 5) is 28.3. The van der Waals surface area contributed by atoms with E-state index in [0.29, 0.717) is 36.0 Å². The number of hydrogen-bond donors (Lipinski definition) is 0. The number of benzene rings is 2. The quantitative estimate of drug-likeness (QED) is 0.521. The Labute approximate surface area is 183 Å². The van der Waals surface area contributed by atoms with E-state index in [1.807, 2.05) is 68.4 Å². The minimum absolute atomic E-state index is 0.190. The van der Waals surface area contributed by atoms with Crippen molar-refractivity contribution in [3.05, 3.63) is 70.6 Å². The van der Waals surface area contributed by atoms with Gasteiger partial charge in [0.15, 0.2) is 0 Å². The van der Waals surface area contributed by atoms with Gasteiger partial charge in [-0.25, -0.2) is 0 Å². The predicted octanol–water partition coefficient (Wildman–Crippen LogP) is 5.19. The van der Waals surface area contributed by atoms with Crippen molar-refractivity contribution >= 4 is 29.1 Å². The summed E-state index contributed by atoms with van der Waals surface area (Å²) in [5.74, 6) is 0.803. The summed E-state index contributed by atoms with van der Waals surface area (Å²) in [5, 5.41) is 0.203. The molecule has 0 unspecified atom stereocenters. The van der Waals surface area contributed by atoms with Crippen molar-refractivity contribution in [1.29, 1.82) is 0 Å². The van der Waals surface area contributed by atoms with Gasteiger partial charge in [0.05, 0.1) is 17.1 Å². The van der Waals surface area contributed by atoms with Crippen LogP contribution in [-0.2, 0) is 16.0 Å². The maximum Gasteiger partial charge on any atom is 0.268 e. The van der Waals surface area contributed by atoms with Gasteiger partial charge in [-0.15, -0.1) is 11.8 Å². The van der Waals surface area contributed by atoms with Crippen LogP contribution in [0, 0.1) is 5.92 Å². The number of amides is 2. The Hall–Kier alpha value is -2.53. The van der Waals surface area contributed by atoms with Crippen LogP contribution in [0.3, 0.4) is 0 Å². The van der Waals surface area contributed by atoms with Crippen LogP contribution in [0.15, 0.2) is 59.5 Å². The molecule has 30 heavy (non-hydrogen) atoms. The van der Waals surface area contributed by atoms with Crippen molar-refractivity contribution in [3.63, 3.8) is 0 Å². The zero-order chi connectivity index (χ0) is 21.7. The number of thioether (sulfide) groups is 1. The number of rotatable bonds is 9. The van der Waals surface area contributed by atoms with Gasteiger partial charge in [-0.1, -0.05) is 70.2 Å². The topological polar surface area (TPSA) is 46.6 Å². The van der Waals surface area contributed by atoms with Gasteiger partial charge in [-0.3, -0.25) is 14.5 Å². The third-order valence-electron chi connectivity index (χ3n) is 4.67. The molecular formula is C25H29NO3S. The normalized spacial score (nSPS) is 14.4. The van der Waals surface area contributed by atoms with Crippen molar-refractivity contribution in [3.8, 4) is 5.75 Å². The highest BCUT2D eigenvalue weighted by Gasteiger charge is 2.39. The standard InChI is InChI=1S/C25H29NO3S/c1-17(2)16-29-21-12-10-20(11-13-21)22-23(30-18(3)4)25(28)26(24(22)27)15-14-19-8-6-5-7-9-19/h5-13,17-18H,14-16H2,1-4H3. The van der Waals surface area contributed by atoms with Crippen molar-refractivity contribution in [2.45, 2.75) is 39.4 Å². The Morgan fingerprint density at radius 1 is 0.900 bits per heavy atom.